The van der Waals surface area contributed by atoms with Crippen LogP contribution in [0.5, 0.6) is 0 Å². The molecule has 0 aromatic rings. The van der Waals surface area contributed by atoms with Crippen molar-refractivity contribution in [3.05, 3.63) is 12.2 Å². The van der Waals surface area contributed by atoms with Crippen LogP contribution in [0.1, 0.15) is 34.1 Å². The molecule has 17 heavy (non-hydrogen) atoms. The lowest BCUT2D eigenvalue weighted by atomic mass is 9.58. The Labute approximate surface area is 104 Å². The number of carbonyl (C=O) groups excluding carboxylic acids is 1. The number of methoxy groups -OCH3 is 1. The van der Waals surface area contributed by atoms with Crippen LogP contribution in [0.15, 0.2) is 12.2 Å². The minimum atomic E-state index is 0.113. The van der Waals surface area contributed by atoms with E-state index in [0.29, 0.717) is 23.5 Å². The van der Waals surface area contributed by atoms with Crippen LogP contribution in [0, 0.1) is 29.1 Å². The summed E-state index contributed by atoms with van der Waals surface area (Å²) in [5.74, 6) is 1.90. The Hall–Kier alpha value is -0.630. The normalized spacial score (nSPS) is 42.8. The summed E-state index contributed by atoms with van der Waals surface area (Å²) in [4.78, 5) is 11.9. The largest absolute Gasteiger partial charge is 0.381 e. The van der Waals surface area contributed by atoms with E-state index >= 15 is 0 Å². The van der Waals surface area contributed by atoms with Gasteiger partial charge in [0.25, 0.3) is 0 Å². The number of ether oxygens (including phenoxy) is 1. The Morgan fingerprint density at radius 3 is 2.35 bits per heavy atom. The third-order valence-corrected chi connectivity index (χ3v) is 4.95. The van der Waals surface area contributed by atoms with E-state index in [9.17, 15) is 4.79 Å². The second-order valence-corrected chi connectivity index (χ2v) is 6.59. The van der Waals surface area contributed by atoms with Gasteiger partial charge in [-0.1, -0.05) is 26.0 Å². The van der Waals surface area contributed by atoms with E-state index in [0.717, 1.165) is 6.42 Å². The molecule has 2 heteroatoms. The topological polar surface area (TPSA) is 26.3 Å². The maximum Gasteiger partial charge on any atom is 0.133 e. The number of Topliss-reactive ketones (excluding diaryl/α,β-unsaturated/α-hetero) is 1. The molecule has 2 aliphatic carbocycles. The number of fused-ring (bicyclic) bond motifs is 1. The third kappa shape index (κ3) is 1.69. The van der Waals surface area contributed by atoms with Crippen LogP contribution in [0.3, 0.4) is 0 Å². The number of hydrogen-bond acceptors (Lipinski definition) is 2. The van der Waals surface area contributed by atoms with E-state index in [1.165, 1.54) is 5.57 Å². The molecular weight excluding hydrogens is 212 g/mol. The minimum Gasteiger partial charge on any atom is -0.381 e. The highest BCUT2D eigenvalue weighted by atomic mass is 16.5. The lowest BCUT2D eigenvalue weighted by molar-refractivity contribution is -0.136. The van der Waals surface area contributed by atoms with E-state index in [1.807, 2.05) is 0 Å². The molecule has 0 bridgehead atoms. The lowest BCUT2D eigenvalue weighted by Crippen LogP contribution is -2.53. The standard InChI is InChI=1S/C15H24O2/c1-8(2)11-12-10(14(11)17-6)7-15(4,5)13(12)9(3)16/h10-14H,1,7H2,2-6H3/t10?,11-,12?,13?,14-/m0/s1. The van der Waals surface area contributed by atoms with Gasteiger partial charge in [0, 0.05) is 18.9 Å². The average molecular weight is 236 g/mol. The molecule has 0 aliphatic heterocycles. The van der Waals surface area contributed by atoms with Crippen molar-refractivity contribution in [1.29, 1.82) is 0 Å². The van der Waals surface area contributed by atoms with Crippen molar-refractivity contribution in [2.45, 2.75) is 40.2 Å². The summed E-state index contributed by atoms with van der Waals surface area (Å²) < 4.78 is 5.62. The molecule has 96 valence electrons. The Bertz CT molecular complexity index is 356. The zero-order valence-corrected chi connectivity index (χ0v) is 11.6. The quantitative estimate of drug-likeness (QED) is 0.704. The first-order chi connectivity index (χ1) is 7.81. The van der Waals surface area contributed by atoms with Crippen LogP contribution in [0.2, 0.25) is 0 Å². The van der Waals surface area contributed by atoms with Gasteiger partial charge >= 0.3 is 0 Å². The highest BCUT2D eigenvalue weighted by Gasteiger charge is 2.63. The summed E-state index contributed by atoms with van der Waals surface area (Å²) in [6.07, 6.45) is 1.38. The van der Waals surface area contributed by atoms with Crippen LogP contribution in [0.25, 0.3) is 0 Å². The predicted octanol–water partition coefficient (Wildman–Crippen LogP) is 3.07. The fraction of sp³-hybridized carbons (Fsp3) is 0.800. The van der Waals surface area contributed by atoms with E-state index in [4.69, 9.17) is 4.74 Å². The summed E-state index contributed by atoms with van der Waals surface area (Å²) in [5.41, 5.74) is 1.28. The summed E-state index contributed by atoms with van der Waals surface area (Å²) in [6, 6.07) is 0. The van der Waals surface area contributed by atoms with Gasteiger partial charge in [-0.05, 0) is 37.5 Å². The molecule has 0 saturated heterocycles. The first kappa shape index (κ1) is 12.8. The van der Waals surface area contributed by atoms with Crippen LogP contribution in [-0.4, -0.2) is 19.0 Å². The van der Waals surface area contributed by atoms with Crippen LogP contribution in [0.4, 0.5) is 0 Å². The molecule has 0 N–H and O–H groups in total. The van der Waals surface area contributed by atoms with Gasteiger partial charge < -0.3 is 4.74 Å². The first-order valence-corrected chi connectivity index (χ1v) is 6.50. The van der Waals surface area contributed by atoms with Crippen molar-refractivity contribution in [3.8, 4) is 0 Å². The zero-order chi connectivity index (χ0) is 13.0. The van der Waals surface area contributed by atoms with Crippen LogP contribution in [-0.2, 0) is 9.53 Å². The number of rotatable bonds is 3. The maximum atomic E-state index is 11.9. The van der Waals surface area contributed by atoms with E-state index in [1.54, 1.807) is 14.0 Å². The summed E-state index contributed by atoms with van der Waals surface area (Å²) in [5, 5.41) is 0. The minimum absolute atomic E-state index is 0.113. The Morgan fingerprint density at radius 2 is 1.94 bits per heavy atom. The van der Waals surface area contributed by atoms with Gasteiger partial charge in [-0.2, -0.15) is 0 Å². The van der Waals surface area contributed by atoms with Crippen molar-refractivity contribution >= 4 is 5.78 Å². The van der Waals surface area contributed by atoms with Gasteiger partial charge in [-0.25, -0.2) is 0 Å². The molecule has 2 aliphatic rings. The van der Waals surface area contributed by atoms with Gasteiger partial charge in [0.05, 0.1) is 6.10 Å². The molecule has 0 aromatic carbocycles. The molecule has 0 aromatic heterocycles. The molecule has 2 rings (SSSR count). The molecule has 2 nitrogen and oxygen atoms in total. The van der Waals surface area contributed by atoms with Crippen LogP contribution < -0.4 is 0 Å². The van der Waals surface area contributed by atoms with E-state index in [-0.39, 0.29) is 17.4 Å². The van der Waals surface area contributed by atoms with Gasteiger partial charge in [0.1, 0.15) is 5.78 Å². The zero-order valence-electron chi connectivity index (χ0n) is 11.6. The Balaban J connectivity index is 2.32. The monoisotopic (exact) mass is 236 g/mol. The van der Waals surface area contributed by atoms with Gasteiger partial charge in [-0.3, -0.25) is 4.79 Å². The molecule has 0 radical (unpaired) electrons. The van der Waals surface area contributed by atoms with E-state index < -0.39 is 0 Å². The summed E-state index contributed by atoms with van der Waals surface area (Å²) >= 11 is 0. The van der Waals surface area contributed by atoms with Crippen molar-refractivity contribution in [2.75, 3.05) is 7.11 Å². The fourth-order valence-corrected chi connectivity index (χ4v) is 4.54. The van der Waals surface area contributed by atoms with Gasteiger partial charge in [0.2, 0.25) is 0 Å². The molecule has 3 unspecified atom stereocenters. The fourth-order valence-electron chi connectivity index (χ4n) is 4.54. The molecular formula is C15H24O2. The second-order valence-electron chi connectivity index (χ2n) is 6.59. The SMILES string of the molecule is C=C(C)[C@H]1C2C(CC(C)(C)C2C(C)=O)[C@@H]1OC. The molecule has 0 amide bonds. The van der Waals surface area contributed by atoms with E-state index in [2.05, 4.69) is 27.4 Å². The molecule has 0 heterocycles. The second kappa shape index (κ2) is 3.94. The van der Waals surface area contributed by atoms with Crippen molar-refractivity contribution in [1.82, 2.24) is 0 Å². The van der Waals surface area contributed by atoms with Crippen molar-refractivity contribution < 1.29 is 9.53 Å². The number of carbonyl (C=O) groups is 1. The molecule has 2 fully saturated rings. The molecule has 2 saturated carbocycles. The van der Waals surface area contributed by atoms with Crippen molar-refractivity contribution in [2.24, 2.45) is 29.1 Å². The first-order valence-electron chi connectivity index (χ1n) is 6.50. The van der Waals surface area contributed by atoms with Gasteiger partial charge in [-0.15, -0.1) is 0 Å². The number of hydrogen-bond donors (Lipinski definition) is 0. The lowest BCUT2D eigenvalue weighted by Gasteiger charge is -2.50. The highest BCUT2D eigenvalue weighted by Crippen LogP contribution is 2.63. The Morgan fingerprint density at radius 1 is 1.35 bits per heavy atom. The summed E-state index contributed by atoms with van der Waals surface area (Å²) in [7, 11) is 1.78. The van der Waals surface area contributed by atoms with Crippen LogP contribution >= 0.6 is 0 Å². The Kier molecular flexibility index (Phi) is 2.97. The smallest absolute Gasteiger partial charge is 0.133 e. The molecule has 5 atom stereocenters. The molecule has 0 spiro atoms. The average Bonchev–Trinajstić information content (AvgIpc) is 2.38. The third-order valence-electron chi connectivity index (χ3n) is 4.95. The number of ketones is 1. The predicted molar refractivity (Wildman–Crippen MR) is 68.7 cm³/mol. The van der Waals surface area contributed by atoms with Crippen molar-refractivity contribution in [3.63, 3.8) is 0 Å². The maximum absolute atomic E-state index is 11.9. The van der Waals surface area contributed by atoms with Gasteiger partial charge in [0.15, 0.2) is 0 Å². The highest BCUT2D eigenvalue weighted by molar-refractivity contribution is 5.80. The summed E-state index contributed by atoms with van der Waals surface area (Å²) in [6.45, 7) is 12.3.